The van der Waals surface area contributed by atoms with Gasteiger partial charge in [0.2, 0.25) is 5.95 Å². The van der Waals surface area contributed by atoms with Gasteiger partial charge in [-0.2, -0.15) is 0 Å². The van der Waals surface area contributed by atoms with Gasteiger partial charge >= 0.3 is 0 Å². The highest BCUT2D eigenvalue weighted by molar-refractivity contribution is 7.15. The van der Waals surface area contributed by atoms with Gasteiger partial charge in [-0.1, -0.05) is 0 Å². The Bertz CT molecular complexity index is 765. The summed E-state index contributed by atoms with van der Waals surface area (Å²) in [4.78, 5) is 1.33. The summed E-state index contributed by atoms with van der Waals surface area (Å²) < 4.78 is 8.07. The fourth-order valence-electron chi connectivity index (χ4n) is 3.58. The highest BCUT2D eigenvalue weighted by atomic mass is 32.1. The van der Waals surface area contributed by atoms with Crippen LogP contribution in [0.5, 0.6) is 0 Å². The van der Waals surface area contributed by atoms with Crippen molar-refractivity contribution in [2.75, 3.05) is 5.01 Å². The van der Waals surface area contributed by atoms with E-state index in [-0.39, 0.29) is 17.9 Å². The quantitative estimate of drug-likeness (QED) is 0.766. The average molecular weight is 318 g/mol. The summed E-state index contributed by atoms with van der Waals surface area (Å²) in [6, 6.07) is 0. The molecule has 8 heteroatoms. The summed E-state index contributed by atoms with van der Waals surface area (Å²) in [5.74, 6) is 0.841. The first-order chi connectivity index (χ1) is 10.5. The molecule has 116 valence electrons. The normalized spacial score (nSPS) is 28.0. The first kappa shape index (κ1) is 13.0. The fourth-order valence-corrected chi connectivity index (χ4v) is 4.80. The molecule has 5 heterocycles. The zero-order valence-corrected chi connectivity index (χ0v) is 13.6. The maximum atomic E-state index is 5.99. The number of ether oxygens (including phenoxy) is 1. The molecule has 0 aliphatic carbocycles. The lowest BCUT2D eigenvalue weighted by Gasteiger charge is -2.33. The molecule has 0 amide bonds. The average Bonchev–Trinajstić information content (AvgIpc) is 3.11. The van der Waals surface area contributed by atoms with Crippen molar-refractivity contribution in [3.8, 4) is 5.00 Å². The van der Waals surface area contributed by atoms with Crippen molar-refractivity contribution >= 4 is 17.3 Å². The summed E-state index contributed by atoms with van der Waals surface area (Å²) in [5.41, 5.74) is 6.09. The molecule has 1 fully saturated rings. The zero-order valence-electron chi connectivity index (χ0n) is 12.8. The van der Waals surface area contributed by atoms with E-state index in [4.69, 9.17) is 4.74 Å². The fraction of sp³-hybridized carbons (Fsp3) is 0.571. The van der Waals surface area contributed by atoms with Gasteiger partial charge in [0.25, 0.3) is 0 Å². The van der Waals surface area contributed by atoms with Crippen LogP contribution in [0.25, 0.3) is 5.00 Å². The second-order valence-electron chi connectivity index (χ2n) is 6.74. The molecule has 0 aromatic carbocycles. The third kappa shape index (κ3) is 1.60. The van der Waals surface area contributed by atoms with E-state index in [0.717, 1.165) is 12.4 Å². The maximum absolute atomic E-state index is 5.99. The Hall–Kier alpha value is -1.48. The van der Waals surface area contributed by atoms with Crippen LogP contribution in [0.4, 0.5) is 5.95 Å². The second-order valence-corrected chi connectivity index (χ2v) is 7.82. The molecule has 2 atom stereocenters. The van der Waals surface area contributed by atoms with Crippen LogP contribution in [0.1, 0.15) is 42.9 Å². The van der Waals surface area contributed by atoms with Crippen LogP contribution in [0, 0.1) is 0 Å². The van der Waals surface area contributed by atoms with E-state index >= 15 is 0 Å². The van der Waals surface area contributed by atoms with Crippen LogP contribution in [0.15, 0.2) is 6.33 Å². The number of aromatic nitrogens is 3. The van der Waals surface area contributed by atoms with Crippen molar-refractivity contribution in [2.45, 2.75) is 51.7 Å². The molecule has 0 radical (unpaired) electrons. The summed E-state index contributed by atoms with van der Waals surface area (Å²) in [5, 5.41) is 15.3. The number of hydrazine groups is 1. The molecule has 2 aromatic heterocycles. The van der Waals surface area contributed by atoms with Gasteiger partial charge in [0, 0.05) is 16.9 Å². The number of nitrogens with zero attached hydrogens (tertiary/aromatic N) is 4. The van der Waals surface area contributed by atoms with E-state index < -0.39 is 0 Å². The van der Waals surface area contributed by atoms with Crippen molar-refractivity contribution in [2.24, 2.45) is 0 Å². The number of fused-ring (bicyclic) bond motifs is 8. The number of thiophene rings is 1. The van der Waals surface area contributed by atoms with Crippen molar-refractivity contribution in [3.63, 3.8) is 0 Å². The van der Waals surface area contributed by atoms with E-state index in [0.29, 0.717) is 6.61 Å². The Kier molecular flexibility index (Phi) is 2.41. The number of nitrogens with one attached hydrogen (secondary N) is 2. The van der Waals surface area contributed by atoms with E-state index in [1.54, 1.807) is 17.7 Å². The van der Waals surface area contributed by atoms with Crippen LogP contribution < -0.4 is 15.8 Å². The smallest absolute Gasteiger partial charge is 0.248 e. The van der Waals surface area contributed by atoms with Crippen LogP contribution in [0.2, 0.25) is 0 Å². The van der Waals surface area contributed by atoms with Gasteiger partial charge in [0.1, 0.15) is 17.5 Å². The molecule has 0 bridgehead atoms. The third-order valence-electron chi connectivity index (χ3n) is 4.54. The minimum absolute atomic E-state index is 0.107. The SMILES string of the molecule is CC1NC2c3c(sc4c3CC(C)(C)OC4)-n3cnnc3N2N1. The minimum Gasteiger partial charge on any atom is -0.370 e. The molecule has 1 saturated heterocycles. The first-order valence-corrected chi connectivity index (χ1v) is 8.35. The van der Waals surface area contributed by atoms with Crippen LogP contribution in [-0.2, 0) is 17.8 Å². The molecule has 0 saturated carbocycles. The standard InChI is InChI=1S/C14H18N6OS/c1-7-16-11-10-8-4-14(2,3)21-5-9(8)22-12(10)19-6-15-17-13(19)20(11)18-7/h6-7,11,16,18H,4-5H2,1-3H3. The number of hydrogen-bond acceptors (Lipinski definition) is 7. The van der Waals surface area contributed by atoms with Gasteiger partial charge in [-0.25, -0.2) is 5.43 Å². The predicted molar refractivity (Wildman–Crippen MR) is 82.8 cm³/mol. The molecule has 3 aliphatic rings. The lowest BCUT2D eigenvalue weighted by molar-refractivity contribution is -0.0385. The largest absolute Gasteiger partial charge is 0.370 e. The predicted octanol–water partition coefficient (Wildman–Crippen LogP) is 1.45. The number of hydrogen-bond donors (Lipinski definition) is 2. The lowest BCUT2D eigenvalue weighted by atomic mass is 9.92. The Morgan fingerprint density at radius 2 is 2.32 bits per heavy atom. The first-order valence-electron chi connectivity index (χ1n) is 7.54. The van der Waals surface area contributed by atoms with E-state index in [9.17, 15) is 0 Å². The summed E-state index contributed by atoms with van der Waals surface area (Å²) >= 11 is 1.80. The molecule has 3 aliphatic heterocycles. The zero-order chi connectivity index (χ0) is 15.1. The summed E-state index contributed by atoms with van der Waals surface area (Å²) in [6.45, 7) is 7.12. The highest BCUT2D eigenvalue weighted by Gasteiger charge is 2.44. The van der Waals surface area contributed by atoms with Crippen molar-refractivity contribution in [3.05, 3.63) is 22.3 Å². The lowest BCUT2D eigenvalue weighted by Crippen LogP contribution is -2.40. The Balaban J connectivity index is 1.75. The van der Waals surface area contributed by atoms with Gasteiger partial charge in [-0.3, -0.25) is 14.9 Å². The minimum atomic E-state index is -0.113. The van der Waals surface area contributed by atoms with Crippen LogP contribution >= 0.6 is 11.3 Å². The molecule has 2 aromatic rings. The van der Waals surface area contributed by atoms with Gasteiger partial charge < -0.3 is 4.74 Å². The van der Waals surface area contributed by atoms with Crippen LogP contribution in [0.3, 0.4) is 0 Å². The molecule has 2 N–H and O–H groups in total. The molecule has 2 unspecified atom stereocenters. The van der Waals surface area contributed by atoms with Gasteiger partial charge in [0.05, 0.1) is 18.4 Å². The molecule has 7 nitrogen and oxygen atoms in total. The number of anilines is 1. The van der Waals surface area contributed by atoms with Crippen molar-refractivity contribution < 1.29 is 4.74 Å². The second kappa shape index (κ2) is 4.08. The van der Waals surface area contributed by atoms with Crippen LogP contribution in [-0.4, -0.2) is 26.5 Å². The van der Waals surface area contributed by atoms with Crippen molar-refractivity contribution in [1.29, 1.82) is 0 Å². The maximum Gasteiger partial charge on any atom is 0.248 e. The van der Waals surface area contributed by atoms with Gasteiger partial charge in [0.15, 0.2) is 0 Å². The van der Waals surface area contributed by atoms with E-state index in [2.05, 4.69) is 51.3 Å². The Morgan fingerprint density at radius 1 is 1.45 bits per heavy atom. The Labute approximate surface area is 132 Å². The topological polar surface area (TPSA) is 67.2 Å². The van der Waals surface area contributed by atoms with E-state index in [1.807, 2.05) is 0 Å². The van der Waals surface area contributed by atoms with E-state index in [1.165, 1.54) is 21.0 Å². The Morgan fingerprint density at radius 3 is 3.18 bits per heavy atom. The molecule has 0 spiro atoms. The summed E-state index contributed by atoms with van der Waals surface area (Å²) in [6.07, 6.45) is 3.04. The third-order valence-corrected chi connectivity index (χ3v) is 5.77. The van der Waals surface area contributed by atoms with Gasteiger partial charge in [-0.15, -0.1) is 21.5 Å². The van der Waals surface area contributed by atoms with Gasteiger partial charge in [-0.05, 0) is 26.3 Å². The van der Waals surface area contributed by atoms with Crippen molar-refractivity contribution in [1.82, 2.24) is 25.5 Å². The monoisotopic (exact) mass is 318 g/mol. The summed E-state index contributed by atoms with van der Waals surface area (Å²) in [7, 11) is 0. The molecular weight excluding hydrogens is 300 g/mol. The molecule has 5 rings (SSSR count). The molecular formula is C14H18N6OS. The molecule has 22 heavy (non-hydrogen) atoms. The number of rotatable bonds is 0. The highest BCUT2D eigenvalue weighted by Crippen LogP contribution is 2.47.